The molecule has 1 heterocycles. The molecule has 0 unspecified atom stereocenters. The van der Waals surface area contributed by atoms with E-state index in [0.717, 1.165) is 18.0 Å². The predicted molar refractivity (Wildman–Crippen MR) is 75.2 cm³/mol. The van der Waals surface area contributed by atoms with Gasteiger partial charge < -0.3 is 5.32 Å². The maximum absolute atomic E-state index is 13.4. The minimum absolute atomic E-state index is 0.0226. The van der Waals surface area contributed by atoms with Gasteiger partial charge in [0, 0.05) is 23.9 Å². The first-order chi connectivity index (χ1) is 8.61. The molecule has 2 rings (SSSR count). The lowest BCUT2D eigenvalue weighted by Gasteiger charge is -2.02. The van der Waals surface area contributed by atoms with Crippen LogP contribution in [0.1, 0.15) is 5.01 Å². The van der Waals surface area contributed by atoms with Gasteiger partial charge in [-0.2, -0.15) is 0 Å². The van der Waals surface area contributed by atoms with Gasteiger partial charge in [0.15, 0.2) is 0 Å². The molecule has 0 saturated heterocycles. The summed E-state index contributed by atoms with van der Waals surface area (Å²) in [5.41, 5.74) is 1.26. The molecule has 96 valence electrons. The smallest absolute Gasteiger partial charge is 0.142 e. The van der Waals surface area contributed by atoms with Crippen molar-refractivity contribution in [2.75, 3.05) is 13.6 Å². The van der Waals surface area contributed by atoms with Crippen molar-refractivity contribution in [3.05, 3.63) is 38.4 Å². The quantitative estimate of drug-likeness (QED) is 0.863. The summed E-state index contributed by atoms with van der Waals surface area (Å²) in [6, 6.07) is 2.72. The number of benzene rings is 1. The summed E-state index contributed by atoms with van der Waals surface area (Å²) in [5.74, 6) is -0.485. The largest absolute Gasteiger partial charge is 0.319 e. The van der Waals surface area contributed by atoms with Gasteiger partial charge in [0.05, 0.1) is 20.7 Å². The molecular formula is C12H11Cl2FN2S. The summed E-state index contributed by atoms with van der Waals surface area (Å²) in [4.78, 5) is 4.43. The second-order valence-electron chi connectivity index (χ2n) is 3.73. The third-order valence-electron chi connectivity index (χ3n) is 2.43. The molecule has 1 aromatic carbocycles. The number of nitrogens with one attached hydrogen (secondary N) is 1. The van der Waals surface area contributed by atoms with Crippen LogP contribution < -0.4 is 5.32 Å². The molecule has 1 aromatic heterocycles. The number of likely N-dealkylation sites (N-methyl/N-ethyl adjacent to an activating group) is 1. The van der Waals surface area contributed by atoms with Crippen LogP contribution in [-0.4, -0.2) is 18.6 Å². The van der Waals surface area contributed by atoms with E-state index in [1.807, 2.05) is 12.4 Å². The van der Waals surface area contributed by atoms with Gasteiger partial charge in [0.25, 0.3) is 0 Å². The van der Waals surface area contributed by atoms with E-state index in [-0.39, 0.29) is 5.02 Å². The molecule has 1 N–H and O–H groups in total. The second kappa shape index (κ2) is 5.97. The van der Waals surface area contributed by atoms with Crippen LogP contribution in [0.5, 0.6) is 0 Å². The third kappa shape index (κ3) is 3.01. The fourth-order valence-corrected chi connectivity index (χ4v) is 2.78. The highest BCUT2D eigenvalue weighted by Gasteiger charge is 2.12. The molecule has 0 spiro atoms. The molecule has 0 atom stereocenters. The molecule has 0 fully saturated rings. The highest BCUT2D eigenvalue weighted by molar-refractivity contribution is 7.09. The van der Waals surface area contributed by atoms with E-state index in [0.29, 0.717) is 16.3 Å². The van der Waals surface area contributed by atoms with Gasteiger partial charge in [-0.25, -0.2) is 9.37 Å². The van der Waals surface area contributed by atoms with Gasteiger partial charge in [-0.05, 0) is 19.2 Å². The minimum atomic E-state index is -0.485. The molecule has 0 radical (unpaired) electrons. The van der Waals surface area contributed by atoms with Gasteiger partial charge in [-0.1, -0.05) is 23.2 Å². The van der Waals surface area contributed by atoms with E-state index >= 15 is 0 Å². The van der Waals surface area contributed by atoms with Crippen molar-refractivity contribution in [3.63, 3.8) is 0 Å². The van der Waals surface area contributed by atoms with Crippen molar-refractivity contribution in [2.24, 2.45) is 0 Å². The number of rotatable bonds is 4. The highest BCUT2D eigenvalue weighted by atomic mass is 35.5. The predicted octanol–water partition coefficient (Wildman–Crippen LogP) is 4.02. The van der Waals surface area contributed by atoms with Gasteiger partial charge in [-0.15, -0.1) is 11.3 Å². The summed E-state index contributed by atoms with van der Waals surface area (Å²) < 4.78 is 13.4. The monoisotopic (exact) mass is 304 g/mol. The van der Waals surface area contributed by atoms with Crippen molar-refractivity contribution in [1.29, 1.82) is 0 Å². The standard InChI is InChI=1S/C12H11Cl2FN2S/c1-16-3-2-12-17-11(6-18-12)7-4-10(15)9(14)5-8(7)13/h4-6,16H,2-3H2,1H3. The lowest BCUT2D eigenvalue weighted by atomic mass is 10.1. The molecule has 0 aliphatic carbocycles. The Morgan fingerprint density at radius 3 is 2.83 bits per heavy atom. The Bertz CT molecular complexity index is 557. The van der Waals surface area contributed by atoms with E-state index in [1.165, 1.54) is 23.5 Å². The van der Waals surface area contributed by atoms with Crippen molar-refractivity contribution in [3.8, 4) is 11.3 Å². The van der Waals surface area contributed by atoms with Crippen molar-refractivity contribution >= 4 is 34.5 Å². The van der Waals surface area contributed by atoms with Crippen LogP contribution in [0.15, 0.2) is 17.5 Å². The topological polar surface area (TPSA) is 24.9 Å². The first-order valence-corrected chi connectivity index (χ1v) is 6.99. The minimum Gasteiger partial charge on any atom is -0.319 e. The molecule has 6 heteroatoms. The number of nitrogens with zero attached hydrogens (tertiary/aromatic N) is 1. The van der Waals surface area contributed by atoms with Gasteiger partial charge >= 0.3 is 0 Å². The Balaban J connectivity index is 2.31. The van der Waals surface area contributed by atoms with E-state index in [1.54, 1.807) is 0 Å². The number of hydrogen-bond donors (Lipinski definition) is 1. The Morgan fingerprint density at radius 1 is 1.33 bits per heavy atom. The van der Waals surface area contributed by atoms with Crippen LogP contribution in [0, 0.1) is 5.82 Å². The first kappa shape index (κ1) is 13.7. The number of thiazole rings is 1. The SMILES string of the molecule is CNCCc1nc(-c2cc(F)c(Cl)cc2Cl)cs1. The fraction of sp³-hybridized carbons (Fsp3) is 0.250. The molecule has 0 aliphatic heterocycles. The molecule has 0 bridgehead atoms. The van der Waals surface area contributed by atoms with E-state index < -0.39 is 5.82 Å². The summed E-state index contributed by atoms with van der Waals surface area (Å²) in [6.45, 7) is 0.857. The van der Waals surface area contributed by atoms with Gasteiger partial charge in [0.1, 0.15) is 5.82 Å². The highest BCUT2D eigenvalue weighted by Crippen LogP contribution is 2.32. The average molecular weight is 305 g/mol. The molecule has 0 saturated carbocycles. The number of halogens is 3. The van der Waals surface area contributed by atoms with E-state index in [4.69, 9.17) is 23.2 Å². The zero-order valence-corrected chi connectivity index (χ0v) is 12.0. The van der Waals surface area contributed by atoms with Crippen LogP contribution in [0.3, 0.4) is 0 Å². The maximum Gasteiger partial charge on any atom is 0.142 e. The van der Waals surface area contributed by atoms with E-state index in [2.05, 4.69) is 10.3 Å². The van der Waals surface area contributed by atoms with Gasteiger partial charge in [0.2, 0.25) is 0 Å². The summed E-state index contributed by atoms with van der Waals surface area (Å²) in [6.07, 6.45) is 0.842. The van der Waals surface area contributed by atoms with Gasteiger partial charge in [-0.3, -0.25) is 0 Å². The lowest BCUT2D eigenvalue weighted by molar-refractivity contribution is 0.628. The van der Waals surface area contributed by atoms with E-state index in [9.17, 15) is 4.39 Å². The van der Waals surface area contributed by atoms with Crippen LogP contribution >= 0.6 is 34.5 Å². The fourth-order valence-electron chi connectivity index (χ4n) is 1.50. The summed E-state index contributed by atoms with van der Waals surface area (Å²) >= 11 is 13.3. The molecule has 0 amide bonds. The summed E-state index contributed by atoms with van der Waals surface area (Å²) in [5, 5.41) is 6.35. The van der Waals surface area contributed by atoms with Crippen LogP contribution in [0.4, 0.5) is 4.39 Å². The zero-order chi connectivity index (χ0) is 13.1. The van der Waals surface area contributed by atoms with Crippen LogP contribution in [-0.2, 0) is 6.42 Å². The molecule has 18 heavy (non-hydrogen) atoms. The summed E-state index contributed by atoms with van der Waals surface area (Å²) in [7, 11) is 1.89. The maximum atomic E-state index is 13.4. The Labute approximate surface area is 119 Å². The average Bonchev–Trinajstić information content (AvgIpc) is 2.79. The van der Waals surface area contributed by atoms with Crippen LogP contribution in [0.25, 0.3) is 11.3 Å². The molecular weight excluding hydrogens is 294 g/mol. The number of hydrogen-bond acceptors (Lipinski definition) is 3. The molecule has 0 aliphatic rings. The Hall–Kier alpha value is -0.680. The van der Waals surface area contributed by atoms with Crippen molar-refractivity contribution in [2.45, 2.75) is 6.42 Å². The first-order valence-electron chi connectivity index (χ1n) is 5.35. The zero-order valence-electron chi connectivity index (χ0n) is 9.64. The normalized spacial score (nSPS) is 10.9. The van der Waals surface area contributed by atoms with Crippen molar-refractivity contribution in [1.82, 2.24) is 10.3 Å². The second-order valence-corrected chi connectivity index (χ2v) is 5.48. The molecule has 2 nitrogen and oxygen atoms in total. The molecule has 2 aromatic rings. The van der Waals surface area contributed by atoms with Crippen LogP contribution in [0.2, 0.25) is 10.0 Å². The lowest BCUT2D eigenvalue weighted by Crippen LogP contribution is -2.09. The third-order valence-corrected chi connectivity index (χ3v) is 3.94. The van der Waals surface area contributed by atoms with Crippen molar-refractivity contribution < 1.29 is 4.39 Å². The number of aromatic nitrogens is 1. The Morgan fingerprint density at radius 2 is 2.11 bits per heavy atom. The Kier molecular flexibility index (Phi) is 4.56.